The van der Waals surface area contributed by atoms with Gasteiger partial charge < -0.3 is 24.0 Å². The minimum absolute atomic E-state index is 0.0744. The molecule has 2 aromatic heterocycles. The molecule has 4 heterocycles. The fraction of sp³-hybridized carbons (Fsp3) is 0.474. The minimum Gasteiger partial charge on any atom is -0.459 e. The van der Waals surface area contributed by atoms with Gasteiger partial charge in [-0.05, 0) is 18.2 Å². The first-order valence-corrected chi connectivity index (χ1v) is 9.67. The number of hydrogen-bond donors (Lipinski definition) is 1. The second kappa shape index (κ2) is 8.39. The lowest BCUT2D eigenvalue weighted by molar-refractivity contribution is -0.896. The fourth-order valence-electron chi connectivity index (χ4n) is 3.69. The molecule has 0 aliphatic carbocycles. The van der Waals surface area contributed by atoms with Crippen molar-refractivity contribution in [3.63, 3.8) is 0 Å². The van der Waals surface area contributed by atoms with Crippen molar-refractivity contribution in [2.24, 2.45) is 0 Å². The summed E-state index contributed by atoms with van der Waals surface area (Å²) < 4.78 is 5.19. The number of carbonyl (C=O) groups is 2. The van der Waals surface area contributed by atoms with E-state index in [9.17, 15) is 9.59 Å². The van der Waals surface area contributed by atoms with Gasteiger partial charge in [-0.15, -0.1) is 0 Å². The monoisotopic (exact) mass is 385 g/mol. The van der Waals surface area contributed by atoms with Gasteiger partial charge in [0.1, 0.15) is 0 Å². The van der Waals surface area contributed by atoms with Gasteiger partial charge in [0.05, 0.1) is 32.4 Å². The van der Waals surface area contributed by atoms with Crippen LogP contribution in [0.25, 0.3) is 0 Å². The van der Waals surface area contributed by atoms with Gasteiger partial charge in [-0.25, -0.2) is 9.97 Å². The summed E-state index contributed by atoms with van der Waals surface area (Å²) in [5.74, 6) is 1.20. The summed E-state index contributed by atoms with van der Waals surface area (Å²) in [7, 11) is 0. The largest absolute Gasteiger partial charge is 0.459 e. The highest BCUT2D eigenvalue weighted by Gasteiger charge is 2.29. The van der Waals surface area contributed by atoms with E-state index in [0.717, 1.165) is 32.1 Å². The Morgan fingerprint density at radius 2 is 1.68 bits per heavy atom. The van der Waals surface area contributed by atoms with Gasteiger partial charge in [0, 0.05) is 38.6 Å². The second-order valence-corrected chi connectivity index (χ2v) is 7.11. The van der Waals surface area contributed by atoms with Crippen molar-refractivity contribution in [1.82, 2.24) is 19.8 Å². The van der Waals surface area contributed by atoms with Crippen LogP contribution < -0.4 is 9.80 Å². The maximum Gasteiger partial charge on any atom is 0.289 e. The predicted molar refractivity (Wildman–Crippen MR) is 101 cm³/mol. The van der Waals surface area contributed by atoms with Gasteiger partial charge in [0.2, 0.25) is 5.95 Å². The summed E-state index contributed by atoms with van der Waals surface area (Å²) in [6.45, 7) is 6.17. The number of quaternary nitrogens is 1. The lowest BCUT2D eigenvalue weighted by atomic mass is 10.2. The summed E-state index contributed by atoms with van der Waals surface area (Å²) in [6.07, 6.45) is 4.98. The minimum atomic E-state index is -0.0744. The molecular formula is C19H25N6O3+. The Kier molecular flexibility index (Phi) is 5.52. The molecule has 9 nitrogen and oxygen atoms in total. The van der Waals surface area contributed by atoms with E-state index in [1.54, 1.807) is 35.5 Å². The predicted octanol–water partition coefficient (Wildman–Crippen LogP) is -1.24. The first-order chi connectivity index (χ1) is 13.7. The summed E-state index contributed by atoms with van der Waals surface area (Å²) in [5.41, 5.74) is 0. The van der Waals surface area contributed by atoms with Gasteiger partial charge >= 0.3 is 0 Å². The molecule has 0 unspecified atom stereocenters. The van der Waals surface area contributed by atoms with E-state index in [2.05, 4.69) is 14.9 Å². The SMILES string of the molecule is O=C(C[NH+]1CCN(C(=O)c2ccco2)CC1)N1CCN(c2ncccn2)CC1. The van der Waals surface area contributed by atoms with Crippen molar-refractivity contribution in [2.45, 2.75) is 0 Å². The Bertz CT molecular complexity index is 781. The Labute approximate surface area is 163 Å². The number of nitrogens with one attached hydrogen (secondary N) is 1. The summed E-state index contributed by atoms with van der Waals surface area (Å²) >= 11 is 0. The van der Waals surface area contributed by atoms with Crippen molar-refractivity contribution >= 4 is 17.8 Å². The quantitative estimate of drug-likeness (QED) is 0.709. The van der Waals surface area contributed by atoms with E-state index >= 15 is 0 Å². The van der Waals surface area contributed by atoms with Gasteiger partial charge in [0.15, 0.2) is 12.3 Å². The molecule has 28 heavy (non-hydrogen) atoms. The lowest BCUT2D eigenvalue weighted by Gasteiger charge is -2.36. The Morgan fingerprint density at radius 1 is 0.964 bits per heavy atom. The number of furan rings is 1. The highest BCUT2D eigenvalue weighted by molar-refractivity contribution is 5.91. The molecular weight excluding hydrogens is 360 g/mol. The van der Waals surface area contributed by atoms with Crippen LogP contribution in [0.15, 0.2) is 41.3 Å². The molecule has 2 saturated heterocycles. The standard InChI is InChI=1S/C19H24N6O3/c26-17(23-10-12-25(13-11-23)19-20-4-2-5-21-19)15-22-6-8-24(9-7-22)18(27)16-3-1-14-28-16/h1-5,14H,6-13,15H2/p+1. The van der Waals surface area contributed by atoms with Crippen LogP contribution in [0.5, 0.6) is 0 Å². The van der Waals surface area contributed by atoms with Gasteiger partial charge in [-0.3, -0.25) is 9.59 Å². The zero-order valence-corrected chi connectivity index (χ0v) is 15.8. The van der Waals surface area contributed by atoms with Crippen molar-refractivity contribution in [1.29, 1.82) is 0 Å². The maximum absolute atomic E-state index is 12.7. The molecule has 2 aromatic rings. The third-order valence-corrected chi connectivity index (χ3v) is 5.36. The molecule has 2 amide bonds. The van der Waals surface area contributed by atoms with E-state index in [1.807, 2.05) is 4.90 Å². The van der Waals surface area contributed by atoms with E-state index in [0.29, 0.717) is 38.5 Å². The molecule has 0 saturated carbocycles. The highest BCUT2D eigenvalue weighted by Crippen LogP contribution is 2.09. The number of carbonyl (C=O) groups excluding carboxylic acids is 2. The number of hydrogen-bond acceptors (Lipinski definition) is 6. The van der Waals surface area contributed by atoms with Crippen LogP contribution in [0.2, 0.25) is 0 Å². The summed E-state index contributed by atoms with van der Waals surface area (Å²) in [4.78, 5) is 40.6. The average Bonchev–Trinajstić information content (AvgIpc) is 3.29. The number of piperazine rings is 2. The third-order valence-electron chi connectivity index (χ3n) is 5.36. The van der Waals surface area contributed by atoms with Crippen molar-refractivity contribution < 1.29 is 18.9 Å². The van der Waals surface area contributed by atoms with Crippen LogP contribution in [0.4, 0.5) is 5.95 Å². The molecule has 2 fully saturated rings. The van der Waals surface area contributed by atoms with Gasteiger partial charge in [-0.2, -0.15) is 0 Å². The lowest BCUT2D eigenvalue weighted by Crippen LogP contribution is -3.15. The topological polar surface area (TPSA) is 87.2 Å². The first kappa shape index (κ1) is 18.4. The van der Waals surface area contributed by atoms with Gasteiger partial charge in [-0.1, -0.05) is 0 Å². The molecule has 0 radical (unpaired) electrons. The molecule has 0 spiro atoms. The van der Waals surface area contributed by atoms with E-state index in [1.165, 1.54) is 11.2 Å². The Balaban J connectivity index is 1.21. The number of rotatable bonds is 4. The van der Waals surface area contributed by atoms with Crippen molar-refractivity contribution in [2.75, 3.05) is 63.8 Å². The number of amides is 2. The van der Waals surface area contributed by atoms with E-state index in [-0.39, 0.29) is 11.8 Å². The zero-order chi connectivity index (χ0) is 19.3. The molecule has 0 aromatic carbocycles. The van der Waals surface area contributed by atoms with Crippen LogP contribution in [0, 0.1) is 0 Å². The first-order valence-electron chi connectivity index (χ1n) is 9.67. The molecule has 4 rings (SSSR count). The summed E-state index contributed by atoms with van der Waals surface area (Å²) in [5, 5.41) is 0. The molecule has 0 atom stereocenters. The molecule has 148 valence electrons. The maximum atomic E-state index is 12.7. The highest BCUT2D eigenvalue weighted by atomic mass is 16.3. The van der Waals surface area contributed by atoms with Crippen LogP contribution in [-0.4, -0.2) is 90.5 Å². The smallest absolute Gasteiger partial charge is 0.289 e. The van der Waals surface area contributed by atoms with E-state index < -0.39 is 0 Å². The number of aromatic nitrogens is 2. The molecule has 1 N–H and O–H groups in total. The zero-order valence-electron chi connectivity index (χ0n) is 15.8. The molecule has 9 heteroatoms. The second-order valence-electron chi connectivity index (χ2n) is 7.11. The fourth-order valence-corrected chi connectivity index (χ4v) is 3.69. The van der Waals surface area contributed by atoms with E-state index in [4.69, 9.17) is 4.42 Å². The molecule has 2 aliphatic heterocycles. The average molecular weight is 385 g/mol. The van der Waals surface area contributed by atoms with Crippen molar-refractivity contribution in [3.8, 4) is 0 Å². The van der Waals surface area contributed by atoms with Crippen LogP contribution in [0.1, 0.15) is 10.6 Å². The normalized spacial score (nSPS) is 18.4. The number of nitrogens with zero attached hydrogens (tertiary/aromatic N) is 5. The van der Waals surface area contributed by atoms with Crippen molar-refractivity contribution in [3.05, 3.63) is 42.6 Å². The molecule has 2 aliphatic rings. The van der Waals surface area contributed by atoms with Crippen LogP contribution in [0.3, 0.4) is 0 Å². The van der Waals surface area contributed by atoms with Gasteiger partial charge in [0.25, 0.3) is 11.8 Å². The number of anilines is 1. The molecule has 0 bridgehead atoms. The third kappa shape index (κ3) is 4.14. The van der Waals surface area contributed by atoms with Crippen LogP contribution >= 0.6 is 0 Å². The summed E-state index contributed by atoms with van der Waals surface area (Å²) in [6, 6.07) is 5.20. The van der Waals surface area contributed by atoms with Crippen LogP contribution in [-0.2, 0) is 4.79 Å². The Morgan fingerprint density at radius 3 is 2.32 bits per heavy atom. The Hall–Kier alpha value is -2.94.